The summed E-state index contributed by atoms with van der Waals surface area (Å²) in [6, 6.07) is 27.6. The summed E-state index contributed by atoms with van der Waals surface area (Å²) in [6.45, 7) is 7.60. The lowest BCUT2D eigenvalue weighted by Gasteiger charge is -2.34. The first kappa shape index (κ1) is 24.3. The van der Waals surface area contributed by atoms with Gasteiger partial charge in [0.2, 0.25) is 0 Å². The van der Waals surface area contributed by atoms with E-state index in [-0.39, 0.29) is 0 Å². The van der Waals surface area contributed by atoms with E-state index in [1.807, 2.05) is 6.07 Å². The van der Waals surface area contributed by atoms with Gasteiger partial charge in [-0.3, -0.25) is 0 Å². The van der Waals surface area contributed by atoms with Crippen molar-refractivity contribution < 1.29 is 9.47 Å². The first-order valence-corrected chi connectivity index (χ1v) is 12.6. The molecular formula is C30H38N2O2. The standard InChI is InChI=1S/C30H38N2O2/c1-33-30-25-28(14-15-29(30)34-24-17-27-11-6-3-7-12-27)16-19-32-22-20-31(21-23-32)18-8-13-26-9-4-2-5-10-26/h2-7,9-12,14-15,25H,8,13,16-24H2,1H3. The molecule has 0 aromatic heterocycles. The normalized spacial score (nSPS) is 14.7. The highest BCUT2D eigenvalue weighted by atomic mass is 16.5. The van der Waals surface area contributed by atoms with E-state index >= 15 is 0 Å². The number of aryl methyl sites for hydroxylation is 1. The molecule has 1 heterocycles. The second kappa shape index (κ2) is 13.2. The van der Waals surface area contributed by atoms with Crippen molar-refractivity contribution in [3.63, 3.8) is 0 Å². The van der Waals surface area contributed by atoms with Crippen LogP contribution >= 0.6 is 0 Å². The monoisotopic (exact) mass is 458 g/mol. The minimum absolute atomic E-state index is 0.648. The van der Waals surface area contributed by atoms with Gasteiger partial charge in [0.05, 0.1) is 13.7 Å². The fraction of sp³-hybridized carbons (Fsp3) is 0.400. The second-order valence-electron chi connectivity index (χ2n) is 9.09. The van der Waals surface area contributed by atoms with Crippen molar-refractivity contribution in [2.24, 2.45) is 0 Å². The molecule has 0 atom stereocenters. The van der Waals surface area contributed by atoms with Gasteiger partial charge in [0, 0.05) is 39.1 Å². The van der Waals surface area contributed by atoms with Crippen molar-refractivity contribution in [3.05, 3.63) is 95.6 Å². The van der Waals surface area contributed by atoms with Crippen molar-refractivity contribution in [3.8, 4) is 11.5 Å². The number of rotatable bonds is 12. The molecule has 3 aromatic carbocycles. The third-order valence-corrected chi connectivity index (χ3v) is 6.68. The minimum Gasteiger partial charge on any atom is -0.493 e. The maximum atomic E-state index is 6.01. The van der Waals surface area contributed by atoms with Crippen LogP contribution in [0.15, 0.2) is 78.9 Å². The Bertz CT molecular complexity index is 970. The summed E-state index contributed by atoms with van der Waals surface area (Å²) in [5, 5.41) is 0. The van der Waals surface area contributed by atoms with Gasteiger partial charge in [-0.2, -0.15) is 0 Å². The molecule has 1 aliphatic heterocycles. The maximum absolute atomic E-state index is 6.01. The van der Waals surface area contributed by atoms with Crippen LogP contribution in [0.2, 0.25) is 0 Å². The second-order valence-corrected chi connectivity index (χ2v) is 9.09. The van der Waals surface area contributed by atoms with Gasteiger partial charge in [-0.15, -0.1) is 0 Å². The van der Waals surface area contributed by atoms with Crippen LogP contribution < -0.4 is 9.47 Å². The molecule has 34 heavy (non-hydrogen) atoms. The Hall–Kier alpha value is -2.82. The number of hydrogen-bond acceptors (Lipinski definition) is 4. The van der Waals surface area contributed by atoms with Gasteiger partial charge in [0.25, 0.3) is 0 Å². The summed E-state index contributed by atoms with van der Waals surface area (Å²) in [6.07, 6.45) is 4.34. The molecule has 0 spiro atoms. The smallest absolute Gasteiger partial charge is 0.161 e. The fourth-order valence-corrected chi connectivity index (χ4v) is 4.59. The Labute approximate surface area is 205 Å². The Kier molecular flexibility index (Phi) is 9.41. The van der Waals surface area contributed by atoms with E-state index in [1.165, 1.54) is 49.2 Å². The van der Waals surface area contributed by atoms with Crippen LogP contribution in [0.3, 0.4) is 0 Å². The highest BCUT2D eigenvalue weighted by Crippen LogP contribution is 2.28. The third kappa shape index (κ3) is 7.61. The highest BCUT2D eigenvalue weighted by Gasteiger charge is 2.16. The molecule has 180 valence electrons. The Morgan fingerprint density at radius 3 is 1.88 bits per heavy atom. The van der Waals surface area contributed by atoms with Crippen molar-refractivity contribution in [1.29, 1.82) is 0 Å². The quantitative estimate of drug-likeness (QED) is 0.377. The van der Waals surface area contributed by atoms with E-state index in [2.05, 4.69) is 82.6 Å². The van der Waals surface area contributed by atoms with Crippen LogP contribution in [0.4, 0.5) is 0 Å². The molecule has 4 heteroatoms. The molecule has 0 saturated carbocycles. The number of hydrogen-bond donors (Lipinski definition) is 0. The van der Waals surface area contributed by atoms with E-state index in [0.717, 1.165) is 44.0 Å². The number of methoxy groups -OCH3 is 1. The molecular weight excluding hydrogens is 420 g/mol. The summed E-state index contributed by atoms with van der Waals surface area (Å²) in [5.74, 6) is 1.65. The molecule has 0 aliphatic carbocycles. The van der Waals surface area contributed by atoms with Crippen molar-refractivity contribution in [1.82, 2.24) is 9.80 Å². The van der Waals surface area contributed by atoms with Crippen molar-refractivity contribution in [2.45, 2.75) is 25.7 Å². The van der Waals surface area contributed by atoms with Gasteiger partial charge >= 0.3 is 0 Å². The molecule has 0 amide bonds. The Balaban J connectivity index is 1.16. The predicted octanol–water partition coefficient (Wildman–Crippen LogP) is 5.11. The fourth-order valence-electron chi connectivity index (χ4n) is 4.59. The zero-order valence-corrected chi connectivity index (χ0v) is 20.5. The Morgan fingerprint density at radius 1 is 0.618 bits per heavy atom. The average molecular weight is 459 g/mol. The molecule has 0 unspecified atom stereocenters. The summed E-state index contributed by atoms with van der Waals surface area (Å²) >= 11 is 0. The van der Waals surface area contributed by atoms with Gasteiger partial charge in [0.1, 0.15) is 0 Å². The molecule has 1 saturated heterocycles. The summed E-state index contributed by atoms with van der Waals surface area (Å²) in [5.41, 5.74) is 4.04. The molecule has 0 N–H and O–H groups in total. The molecule has 4 nitrogen and oxygen atoms in total. The number of piperazine rings is 1. The van der Waals surface area contributed by atoms with Gasteiger partial charge in [0.15, 0.2) is 11.5 Å². The van der Waals surface area contributed by atoms with E-state index in [4.69, 9.17) is 9.47 Å². The van der Waals surface area contributed by atoms with Gasteiger partial charge in [-0.25, -0.2) is 0 Å². The van der Waals surface area contributed by atoms with E-state index < -0.39 is 0 Å². The summed E-state index contributed by atoms with van der Waals surface area (Å²) < 4.78 is 11.6. The maximum Gasteiger partial charge on any atom is 0.161 e. The van der Waals surface area contributed by atoms with Crippen LogP contribution in [-0.2, 0) is 19.3 Å². The lowest BCUT2D eigenvalue weighted by Crippen LogP contribution is -2.47. The van der Waals surface area contributed by atoms with Crippen molar-refractivity contribution in [2.75, 3.05) is 53.0 Å². The highest BCUT2D eigenvalue weighted by molar-refractivity contribution is 5.43. The molecule has 3 aromatic rings. The summed E-state index contributed by atoms with van der Waals surface area (Å²) in [7, 11) is 1.72. The first-order valence-electron chi connectivity index (χ1n) is 12.6. The SMILES string of the molecule is COc1cc(CCN2CCN(CCCc3ccccc3)CC2)ccc1OCCc1ccccc1. The van der Waals surface area contributed by atoms with Gasteiger partial charge in [-0.05, 0) is 54.6 Å². The molecule has 0 radical (unpaired) electrons. The molecule has 0 bridgehead atoms. The van der Waals surface area contributed by atoms with Crippen LogP contribution in [0.25, 0.3) is 0 Å². The average Bonchev–Trinajstić information content (AvgIpc) is 2.90. The molecule has 1 fully saturated rings. The largest absolute Gasteiger partial charge is 0.493 e. The first-order chi connectivity index (χ1) is 16.8. The Morgan fingerprint density at radius 2 is 1.24 bits per heavy atom. The lowest BCUT2D eigenvalue weighted by molar-refractivity contribution is 0.132. The number of benzene rings is 3. The number of nitrogens with zero attached hydrogens (tertiary/aromatic N) is 2. The zero-order valence-electron chi connectivity index (χ0n) is 20.5. The van der Waals surface area contributed by atoms with E-state index in [1.54, 1.807) is 7.11 Å². The van der Waals surface area contributed by atoms with E-state index in [0.29, 0.717) is 6.61 Å². The van der Waals surface area contributed by atoms with Gasteiger partial charge < -0.3 is 19.3 Å². The lowest BCUT2D eigenvalue weighted by atomic mass is 10.1. The zero-order chi connectivity index (χ0) is 23.4. The minimum atomic E-state index is 0.648. The van der Waals surface area contributed by atoms with Crippen LogP contribution in [0.5, 0.6) is 11.5 Å². The van der Waals surface area contributed by atoms with Crippen LogP contribution in [-0.4, -0.2) is 62.8 Å². The molecule has 4 rings (SSSR count). The third-order valence-electron chi connectivity index (χ3n) is 6.68. The van der Waals surface area contributed by atoms with Crippen LogP contribution in [0, 0.1) is 0 Å². The predicted molar refractivity (Wildman–Crippen MR) is 140 cm³/mol. The van der Waals surface area contributed by atoms with E-state index in [9.17, 15) is 0 Å². The van der Waals surface area contributed by atoms with Crippen molar-refractivity contribution >= 4 is 0 Å². The number of ether oxygens (including phenoxy) is 2. The van der Waals surface area contributed by atoms with Crippen LogP contribution in [0.1, 0.15) is 23.1 Å². The van der Waals surface area contributed by atoms with Gasteiger partial charge in [-0.1, -0.05) is 66.7 Å². The summed E-state index contributed by atoms with van der Waals surface area (Å²) in [4.78, 5) is 5.20. The molecule has 1 aliphatic rings. The topological polar surface area (TPSA) is 24.9 Å².